The second kappa shape index (κ2) is 10.9. The van der Waals surface area contributed by atoms with Gasteiger partial charge in [-0.05, 0) is 47.3 Å². The van der Waals surface area contributed by atoms with Crippen LogP contribution < -0.4 is 16.8 Å². The van der Waals surface area contributed by atoms with Gasteiger partial charge < -0.3 is 21.9 Å². The highest BCUT2D eigenvalue weighted by molar-refractivity contribution is 5.82. The van der Waals surface area contributed by atoms with E-state index in [9.17, 15) is 14.7 Å². The van der Waals surface area contributed by atoms with Crippen LogP contribution in [0.4, 0.5) is 0 Å². The molecule has 0 aromatic heterocycles. The summed E-state index contributed by atoms with van der Waals surface area (Å²) in [6.07, 6.45) is 2.19. The lowest BCUT2D eigenvalue weighted by atomic mass is 9.67. The largest absolute Gasteiger partial charge is 0.481 e. The lowest BCUT2D eigenvalue weighted by Gasteiger charge is -2.38. The molecule has 1 aromatic rings. The highest BCUT2D eigenvalue weighted by atomic mass is 16.4. The van der Waals surface area contributed by atoms with Crippen LogP contribution in [0.1, 0.15) is 77.8 Å². The first kappa shape index (κ1) is 26.1. The summed E-state index contributed by atoms with van der Waals surface area (Å²) in [5, 5.41) is 13.0. The summed E-state index contributed by atoms with van der Waals surface area (Å²) in [4.78, 5) is 24.8. The molecule has 0 bridgehead atoms. The maximum absolute atomic E-state index is 12.4. The maximum Gasteiger partial charge on any atom is 0.311 e. The second-order valence-electron chi connectivity index (χ2n) is 9.83. The number of aliphatic carboxylic acids is 1. The topological polar surface area (TPSA) is 118 Å². The van der Waals surface area contributed by atoms with E-state index < -0.39 is 23.3 Å². The normalized spacial score (nSPS) is 14.4. The molecular formula is C24H41N3O3. The molecule has 6 heteroatoms. The molecule has 0 heterocycles. The highest BCUT2D eigenvalue weighted by Crippen LogP contribution is 2.42. The van der Waals surface area contributed by atoms with Crippen LogP contribution in [0.15, 0.2) is 24.3 Å². The lowest BCUT2D eigenvalue weighted by molar-refractivity contribution is -0.142. The van der Waals surface area contributed by atoms with Crippen LogP contribution in [0, 0.1) is 11.3 Å². The Kier molecular flexibility index (Phi) is 9.50. The molecule has 0 saturated heterocycles. The van der Waals surface area contributed by atoms with Gasteiger partial charge in [0.2, 0.25) is 5.91 Å². The quantitative estimate of drug-likeness (QED) is 0.387. The fourth-order valence-corrected chi connectivity index (χ4v) is 3.72. The van der Waals surface area contributed by atoms with E-state index in [1.165, 1.54) is 0 Å². The molecule has 170 valence electrons. The van der Waals surface area contributed by atoms with Gasteiger partial charge in [-0.25, -0.2) is 0 Å². The van der Waals surface area contributed by atoms with Gasteiger partial charge in [0.1, 0.15) is 0 Å². The smallest absolute Gasteiger partial charge is 0.311 e. The predicted molar refractivity (Wildman–Crippen MR) is 122 cm³/mol. The molecule has 0 aliphatic carbocycles. The summed E-state index contributed by atoms with van der Waals surface area (Å²) in [7, 11) is 0. The van der Waals surface area contributed by atoms with Crippen molar-refractivity contribution >= 4 is 11.9 Å². The molecule has 1 rings (SSSR count). The van der Waals surface area contributed by atoms with Crippen LogP contribution in [-0.2, 0) is 15.0 Å². The zero-order valence-corrected chi connectivity index (χ0v) is 19.5. The average Bonchev–Trinajstić information content (AvgIpc) is 2.66. The maximum atomic E-state index is 12.4. The molecule has 6 nitrogen and oxygen atoms in total. The van der Waals surface area contributed by atoms with E-state index in [-0.39, 0.29) is 17.9 Å². The Bertz CT molecular complexity index is 713. The van der Waals surface area contributed by atoms with Gasteiger partial charge in [-0.1, -0.05) is 72.2 Å². The van der Waals surface area contributed by atoms with Crippen LogP contribution >= 0.6 is 0 Å². The van der Waals surface area contributed by atoms with E-state index in [0.717, 1.165) is 24.0 Å². The number of unbranched alkanes of at least 4 members (excludes halogenated alkanes) is 1. The van der Waals surface area contributed by atoms with Crippen molar-refractivity contribution in [1.29, 1.82) is 0 Å². The van der Waals surface area contributed by atoms with Gasteiger partial charge in [-0.15, -0.1) is 0 Å². The molecule has 0 aliphatic rings. The minimum atomic E-state index is -0.895. The van der Waals surface area contributed by atoms with Gasteiger partial charge in [0, 0.05) is 6.54 Å². The lowest BCUT2D eigenvalue weighted by Crippen LogP contribution is -2.46. The monoisotopic (exact) mass is 419 g/mol. The molecular weight excluding hydrogens is 378 g/mol. The van der Waals surface area contributed by atoms with Crippen molar-refractivity contribution in [2.45, 2.75) is 78.2 Å². The minimum absolute atomic E-state index is 0.186. The summed E-state index contributed by atoms with van der Waals surface area (Å²) in [5.41, 5.74) is 12.4. The van der Waals surface area contributed by atoms with E-state index in [4.69, 9.17) is 11.5 Å². The Morgan fingerprint density at radius 1 is 1.10 bits per heavy atom. The fourth-order valence-electron chi connectivity index (χ4n) is 3.72. The number of carbonyl (C=O) groups excluding carboxylic acids is 1. The summed E-state index contributed by atoms with van der Waals surface area (Å²) in [5.74, 6) is -1.57. The average molecular weight is 420 g/mol. The van der Waals surface area contributed by atoms with Gasteiger partial charge >= 0.3 is 5.97 Å². The Morgan fingerprint density at radius 3 is 2.23 bits per heavy atom. The van der Waals surface area contributed by atoms with Crippen LogP contribution in [0.3, 0.4) is 0 Å². The number of carboxylic acids is 1. The Morgan fingerprint density at radius 2 is 1.70 bits per heavy atom. The molecule has 1 unspecified atom stereocenters. The van der Waals surface area contributed by atoms with Crippen molar-refractivity contribution in [2.75, 3.05) is 13.1 Å². The van der Waals surface area contributed by atoms with E-state index in [2.05, 4.69) is 33.0 Å². The molecule has 30 heavy (non-hydrogen) atoms. The van der Waals surface area contributed by atoms with Gasteiger partial charge in [0.05, 0.1) is 12.0 Å². The number of hydrogen-bond donors (Lipinski definition) is 4. The number of carboxylic acid groups (broad SMARTS) is 1. The number of nitrogens with two attached hydrogens (primary N) is 2. The molecule has 6 N–H and O–H groups in total. The fraction of sp³-hybridized carbons (Fsp3) is 0.667. The first-order valence-electron chi connectivity index (χ1n) is 10.9. The minimum Gasteiger partial charge on any atom is -0.481 e. The van der Waals surface area contributed by atoms with Crippen molar-refractivity contribution in [3.05, 3.63) is 35.4 Å². The van der Waals surface area contributed by atoms with Gasteiger partial charge in [0.25, 0.3) is 0 Å². The van der Waals surface area contributed by atoms with E-state index in [0.29, 0.717) is 18.9 Å². The van der Waals surface area contributed by atoms with Crippen molar-refractivity contribution < 1.29 is 14.7 Å². The Hall–Kier alpha value is -1.92. The van der Waals surface area contributed by atoms with E-state index >= 15 is 0 Å². The number of benzene rings is 1. The Balaban J connectivity index is 3.11. The predicted octanol–water partition coefficient (Wildman–Crippen LogP) is 3.39. The molecule has 0 spiro atoms. The summed E-state index contributed by atoms with van der Waals surface area (Å²) in [6.45, 7) is 13.1. The molecule has 0 fully saturated rings. The van der Waals surface area contributed by atoms with Crippen molar-refractivity contribution in [3.63, 3.8) is 0 Å². The van der Waals surface area contributed by atoms with Crippen LogP contribution in [0.5, 0.6) is 0 Å². The molecule has 2 atom stereocenters. The highest BCUT2D eigenvalue weighted by Gasteiger charge is 2.40. The van der Waals surface area contributed by atoms with Crippen LogP contribution in [0.25, 0.3) is 0 Å². The van der Waals surface area contributed by atoms with Crippen LogP contribution in [0.2, 0.25) is 0 Å². The summed E-state index contributed by atoms with van der Waals surface area (Å²) >= 11 is 0. The van der Waals surface area contributed by atoms with Crippen molar-refractivity contribution in [2.24, 2.45) is 22.8 Å². The third-order valence-electron chi connectivity index (χ3n) is 6.46. The number of amides is 1. The second-order valence-corrected chi connectivity index (χ2v) is 9.83. The Labute approximate surface area is 181 Å². The first-order chi connectivity index (χ1) is 13.9. The molecule has 0 aliphatic heterocycles. The third-order valence-corrected chi connectivity index (χ3v) is 6.46. The zero-order chi connectivity index (χ0) is 23.1. The van der Waals surface area contributed by atoms with Crippen LogP contribution in [-0.4, -0.2) is 36.1 Å². The summed E-state index contributed by atoms with van der Waals surface area (Å²) in [6, 6.07) is 7.15. The van der Waals surface area contributed by atoms with E-state index in [1.807, 2.05) is 38.1 Å². The molecule has 0 saturated carbocycles. The third kappa shape index (κ3) is 6.54. The van der Waals surface area contributed by atoms with Gasteiger partial charge in [-0.3, -0.25) is 9.59 Å². The number of nitrogens with one attached hydrogen (secondary N) is 1. The standard InChI is InChI=1S/C24H41N3O3/c1-16(2)24(5,6)18-12-8-7-11-17(18)20(22(29)30)23(3,4)15-27-21(28)19(26)13-9-10-14-25/h7-8,11-12,16,19-20H,9-10,13-15,25-26H2,1-6H3,(H,27,28)(H,29,30)/t19-,20?/m0/s1. The number of hydrogen-bond acceptors (Lipinski definition) is 4. The summed E-state index contributed by atoms with van der Waals surface area (Å²) < 4.78 is 0. The van der Waals surface area contributed by atoms with Gasteiger partial charge in [-0.2, -0.15) is 0 Å². The van der Waals surface area contributed by atoms with E-state index in [1.54, 1.807) is 0 Å². The molecule has 1 aromatic carbocycles. The molecule has 1 amide bonds. The first-order valence-corrected chi connectivity index (χ1v) is 10.9. The molecule has 0 radical (unpaired) electrons. The number of rotatable bonds is 12. The SMILES string of the molecule is CC(C)C(C)(C)c1ccccc1C(C(=O)O)C(C)(C)CNC(=O)[C@@H](N)CCCCN. The number of carbonyl (C=O) groups is 2. The van der Waals surface area contributed by atoms with Gasteiger partial charge in [0.15, 0.2) is 0 Å². The zero-order valence-electron chi connectivity index (χ0n) is 19.5. The van der Waals surface area contributed by atoms with Crippen molar-refractivity contribution in [3.8, 4) is 0 Å². The van der Waals surface area contributed by atoms with Crippen molar-refractivity contribution in [1.82, 2.24) is 5.32 Å².